The second kappa shape index (κ2) is 7.92. The molecule has 0 bridgehead atoms. The normalized spacial score (nSPS) is 21.3. The molecule has 158 valence electrons. The van der Waals surface area contributed by atoms with Gasteiger partial charge in [-0.25, -0.2) is 4.98 Å². The Morgan fingerprint density at radius 1 is 1.20 bits per heavy atom. The Morgan fingerprint density at radius 3 is 2.57 bits per heavy atom. The van der Waals surface area contributed by atoms with Crippen molar-refractivity contribution in [3.8, 4) is 0 Å². The minimum Gasteiger partial charge on any atom is -0.381 e. The van der Waals surface area contributed by atoms with Crippen LogP contribution < -0.4 is 22.0 Å². The van der Waals surface area contributed by atoms with Crippen LogP contribution in [0.1, 0.15) is 37.8 Å². The third kappa shape index (κ3) is 3.97. The van der Waals surface area contributed by atoms with Crippen LogP contribution in [0.4, 0.5) is 24.8 Å². The molecule has 3 heterocycles. The number of piperidine rings is 1. The van der Waals surface area contributed by atoms with E-state index in [2.05, 4.69) is 15.0 Å². The fourth-order valence-corrected chi connectivity index (χ4v) is 5.40. The lowest BCUT2D eigenvalue weighted by molar-refractivity contribution is -0.143. The number of hydrogen-bond acceptors (Lipinski definition) is 7. The first kappa shape index (κ1) is 21.2. The molecule has 2 aliphatic rings. The molecule has 1 atom stereocenters. The summed E-state index contributed by atoms with van der Waals surface area (Å²) in [7, 11) is 6.12. The van der Waals surface area contributed by atoms with Crippen LogP contribution in [0.25, 0.3) is 0 Å². The van der Waals surface area contributed by atoms with Gasteiger partial charge in [0.2, 0.25) is 0 Å². The molecular formula is C19H22BF3N6S. The Hall–Kier alpha value is -2.01. The Balaban J connectivity index is 1.54. The maximum atomic E-state index is 13.2. The van der Waals surface area contributed by atoms with Crippen molar-refractivity contribution >= 4 is 36.8 Å². The number of alkyl halides is 3. The van der Waals surface area contributed by atoms with Crippen LogP contribution in [0.3, 0.4) is 0 Å². The van der Waals surface area contributed by atoms with Crippen molar-refractivity contribution < 1.29 is 13.2 Å². The zero-order chi connectivity index (χ0) is 21.5. The molecule has 6 nitrogen and oxygen atoms in total. The van der Waals surface area contributed by atoms with Gasteiger partial charge in [0.15, 0.2) is 11.5 Å². The van der Waals surface area contributed by atoms with Crippen molar-refractivity contribution in [3.63, 3.8) is 0 Å². The number of rotatable bonds is 3. The Bertz CT molecular complexity index is 933. The molecule has 2 fully saturated rings. The summed E-state index contributed by atoms with van der Waals surface area (Å²) in [6.45, 7) is 1.50. The van der Waals surface area contributed by atoms with Gasteiger partial charge in [-0.05, 0) is 43.2 Å². The molecule has 1 saturated heterocycles. The van der Waals surface area contributed by atoms with E-state index in [0.717, 1.165) is 63.2 Å². The van der Waals surface area contributed by atoms with Crippen molar-refractivity contribution in [2.45, 2.75) is 54.2 Å². The number of nitrogens with zero attached hydrogens (tertiary/aromatic N) is 4. The molecule has 11 heteroatoms. The van der Waals surface area contributed by atoms with E-state index in [-0.39, 0.29) is 32.8 Å². The lowest BCUT2D eigenvalue weighted by Gasteiger charge is -2.42. The van der Waals surface area contributed by atoms with E-state index >= 15 is 0 Å². The number of hydrogen-bond donors (Lipinski definition) is 2. The molecule has 0 amide bonds. The summed E-state index contributed by atoms with van der Waals surface area (Å²) in [6, 6.07) is 2.98. The number of aromatic nitrogens is 3. The molecule has 1 aliphatic heterocycles. The number of nitrogens with two attached hydrogens (primary N) is 2. The first-order valence-corrected chi connectivity index (χ1v) is 10.6. The van der Waals surface area contributed by atoms with Crippen LogP contribution in [0.2, 0.25) is 0 Å². The van der Waals surface area contributed by atoms with Crippen molar-refractivity contribution in [1.82, 2.24) is 15.0 Å². The average molecular weight is 434 g/mol. The van der Waals surface area contributed by atoms with E-state index in [0.29, 0.717) is 5.82 Å². The second-order valence-corrected chi connectivity index (χ2v) is 8.95. The van der Waals surface area contributed by atoms with Crippen molar-refractivity contribution in [2.24, 2.45) is 11.1 Å². The SMILES string of the molecule is [B]c1nc(Sc2cccnc2C(F)(F)F)c(N)nc1N1CCC2(CCCC2N)CC1. The summed E-state index contributed by atoms with van der Waals surface area (Å²) in [5.74, 6) is 0.513. The first-order valence-electron chi connectivity index (χ1n) is 9.83. The van der Waals surface area contributed by atoms with Crippen LogP contribution in [-0.2, 0) is 6.18 Å². The summed E-state index contributed by atoms with van der Waals surface area (Å²) in [5.41, 5.74) is 11.7. The predicted molar refractivity (Wildman–Crippen MR) is 111 cm³/mol. The molecule has 1 saturated carbocycles. The summed E-state index contributed by atoms with van der Waals surface area (Å²) in [5, 5.41) is 0.126. The fourth-order valence-electron chi connectivity index (χ4n) is 4.48. The van der Waals surface area contributed by atoms with E-state index in [9.17, 15) is 13.2 Å². The lowest BCUT2D eigenvalue weighted by Crippen LogP contribution is -2.48. The Morgan fingerprint density at radius 2 is 1.93 bits per heavy atom. The number of anilines is 2. The molecule has 4 rings (SSSR count). The van der Waals surface area contributed by atoms with Gasteiger partial charge < -0.3 is 16.4 Å². The average Bonchev–Trinajstić information content (AvgIpc) is 3.05. The van der Waals surface area contributed by atoms with Crippen LogP contribution in [-0.4, -0.2) is 41.9 Å². The van der Waals surface area contributed by atoms with Gasteiger partial charge in [-0.3, -0.25) is 9.97 Å². The van der Waals surface area contributed by atoms with Gasteiger partial charge in [0.1, 0.15) is 18.7 Å². The standard InChI is InChI=1S/C19H22BF3N6S/c20-14-16(29-9-6-18(7-10-29)5-1-4-12(18)24)28-15(25)17(27-14)30-11-3-2-8-26-13(11)19(21,22)23/h2-3,8,12H,1,4-7,9-10,24H2,(H2,25,28). The molecule has 0 aromatic carbocycles. The number of nitrogen functional groups attached to an aromatic ring is 1. The molecule has 4 N–H and O–H groups in total. The Labute approximate surface area is 178 Å². The van der Waals surface area contributed by atoms with Gasteiger partial charge in [0.25, 0.3) is 0 Å². The van der Waals surface area contributed by atoms with E-state index in [4.69, 9.17) is 19.3 Å². The maximum absolute atomic E-state index is 13.2. The first-order chi connectivity index (χ1) is 14.2. The smallest absolute Gasteiger partial charge is 0.381 e. The van der Waals surface area contributed by atoms with Gasteiger partial charge in [0, 0.05) is 35.8 Å². The summed E-state index contributed by atoms with van der Waals surface area (Å²) >= 11 is 0.757. The van der Waals surface area contributed by atoms with Crippen molar-refractivity contribution in [2.75, 3.05) is 23.7 Å². The van der Waals surface area contributed by atoms with E-state index < -0.39 is 11.9 Å². The van der Waals surface area contributed by atoms with Gasteiger partial charge in [-0.15, -0.1) is 0 Å². The highest BCUT2D eigenvalue weighted by Gasteiger charge is 2.43. The molecule has 1 unspecified atom stereocenters. The van der Waals surface area contributed by atoms with Crippen LogP contribution in [0, 0.1) is 5.41 Å². The molecular weight excluding hydrogens is 412 g/mol. The number of halogens is 3. The van der Waals surface area contributed by atoms with Gasteiger partial charge in [-0.1, -0.05) is 18.2 Å². The summed E-state index contributed by atoms with van der Waals surface area (Å²) < 4.78 is 39.6. The third-order valence-electron chi connectivity index (χ3n) is 6.18. The minimum atomic E-state index is -4.58. The highest BCUT2D eigenvalue weighted by atomic mass is 32.2. The number of pyridine rings is 1. The molecule has 1 spiro atoms. The summed E-state index contributed by atoms with van der Waals surface area (Å²) in [4.78, 5) is 14.0. The molecule has 30 heavy (non-hydrogen) atoms. The van der Waals surface area contributed by atoms with Crippen molar-refractivity contribution in [1.29, 1.82) is 0 Å². The molecule has 1 aliphatic carbocycles. The second-order valence-electron chi connectivity index (χ2n) is 7.92. The Kier molecular flexibility index (Phi) is 5.61. The third-order valence-corrected chi connectivity index (χ3v) is 7.22. The highest BCUT2D eigenvalue weighted by Crippen LogP contribution is 2.46. The zero-order valence-electron chi connectivity index (χ0n) is 16.3. The molecule has 2 aromatic rings. The van der Waals surface area contributed by atoms with Crippen LogP contribution in [0.15, 0.2) is 28.3 Å². The molecule has 2 radical (unpaired) electrons. The zero-order valence-corrected chi connectivity index (χ0v) is 17.1. The van der Waals surface area contributed by atoms with Gasteiger partial charge in [0.05, 0.1) is 0 Å². The largest absolute Gasteiger partial charge is 0.434 e. The summed E-state index contributed by atoms with van der Waals surface area (Å²) in [6.07, 6.45) is 1.80. The molecule has 2 aromatic heterocycles. The van der Waals surface area contributed by atoms with Gasteiger partial charge in [-0.2, -0.15) is 13.2 Å². The minimum absolute atomic E-state index is 0.0408. The van der Waals surface area contributed by atoms with Crippen molar-refractivity contribution in [3.05, 3.63) is 24.0 Å². The lowest BCUT2D eigenvalue weighted by atomic mass is 9.74. The monoisotopic (exact) mass is 434 g/mol. The predicted octanol–water partition coefficient (Wildman–Crippen LogP) is 2.52. The van der Waals surface area contributed by atoms with E-state index in [1.807, 2.05) is 4.90 Å². The van der Waals surface area contributed by atoms with Crippen LogP contribution in [0.5, 0.6) is 0 Å². The van der Waals surface area contributed by atoms with Crippen LogP contribution >= 0.6 is 11.8 Å². The topological polar surface area (TPSA) is 93.9 Å². The quantitative estimate of drug-likeness (QED) is 0.717. The highest BCUT2D eigenvalue weighted by molar-refractivity contribution is 7.99. The van der Waals surface area contributed by atoms with E-state index in [1.165, 1.54) is 12.1 Å². The fraction of sp³-hybridized carbons (Fsp3) is 0.526. The van der Waals surface area contributed by atoms with E-state index in [1.54, 1.807) is 0 Å². The maximum Gasteiger partial charge on any atom is 0.434 e. The van der Waals surface area contributed by atoms with Gasteiger partial charge >= 0.3 is 6.18 Å².